The minimum atomic E-state index is -0.878. The molecule has 6 nitrogen and oxygen atoms in total. The Balaban J connectivity index is 2.11. The summed E-state index contributed by atoms with van der Waals surface area (Å²) >= 11 is 7.33. The van der Waals surface area contributed by atoms with Gasteiger partial charge in [0.2, 0.25) is 5.78 Å². The van der Waals surface area contributed by atoms with Gasteiger partial charge in [-0.2, -0.15) is 0 Å². The summed E-state index contributed by atoms with van der Waals surface area (Å²) in [6.45, 7) is 3.24. The van der Waals surface area contributed by atoms with Crippen LogP contribution in [-0.2, 0) is 4.74 Å². The molecule has 0 aliphatic rings. The monoisotopic (exact) mass is 353 g/mol. The van der Waals surface area contributed by atoms with Gasteiger partial charge < -0.3 is 4.74 Å². The second-order valence-corrected chi connectivity index (χ2v) is 6.62. The van der Waals surface area contributed by atoms with Crippen molar-refractivity contribution in [2.45, 2.75) is 13.8 Å². The third-order valence-electron chi connectivity index (χ3n) is 3.06. The molecule has 2 rings (SSSR count). The number of thiophene rings is 1. The van der Waals surface area contributed by atoms with Crippen LogP contribution in [0.15, 0.2) is 24.3 Å². The van der Waals surface area contributed by atoms with Gasteiger partial charge in [-0.1, -0.05) is 11.6 Å². The zero-order valence-electron chi connectivity index (χ0n) is 12.3. The predicted octanol–water partition coefficient (Wildman–Crippen LogP) is 3.97. The summed E-state index contributed by atoms with van der Waals surface area (Å²) in [4.78, 5) is 36.0. The fourth-order valence-corrected chi connectivity index (χ4v) is 3.11. The fraction of sp³-hybridized carbons (Fsp3) is 0.200. The number of hydrogen-bond acceptors (Lipinski definition) is 6. The molecule has 120 valence electrons. The highest BCUT2D eigenvalue weighted by molar-refractivity contribution is 7.12. The maximum atomic E-state index is 12.1. The van der Waals surface area contributed by atoms with Crippen LogP contribution in [0.5, 0.6) is 0 Å². The highest BCUT2D eigenvalue weighted by Crippen LogP contribution is 2.24. The van der Waals surface area contributed by atoms with Crippen molar-refractivity contribution < 1.29 is 19.2 Å². The van der Waals surface area contributed by atoms with Gasteiger partial charge in [-0.25, -0.2) is 4.79 Å². The zero-order valence-corrected chi connectivity index (χ0v) is 13.9. The van der Waals surface area contributed by atoms with E-state index in [1.54, 1.807) is 6.07 Å². The number of Topliss-reactive ketones (excluding diaryl/α,β-unsaturated/α-hetero) is 1. The highest BCUT2D eigenvalue weighted by atomic mass is 35.5. The highest BCUT2D eigenvalue weighted by Gasteiger charge is 2.19. The second-order valence-electron chi connectivity index (χ2n) is 4.75. The molecule has 1 aromatic carbocycles. The van der Waals surface area contributed by atoms with Crippen molar-refractivity contribution in [1.82, 2.24) is 0 Å². The first-order chi connectivity index (χ1) is 10.8. The molecule has 0 saturated carbocycles. The number of ketones is 1. The molecule has 0 unspecified atom stereocenters. The third-order valence-corrected chi connectivity index (χ3v) is 4.35. The van der Waals surface area contributed by atoms with E-state index in [0.717, 1.165) is 15.8 Å². The first-order valence-corrected chi connectivity index (χ1v) is 7.70. The summed E-state index contributed by atoms with van der Waals surface area (Å²) in [6.07, 6.45) is 0. The van der Waals surface area contributed by atoms with Gasteiger partial charge in [-0.3, -0.25) is 14.9 Å². The van der Waals surface area contributed by atoms with Crippen LogP contribution in [-0.4, -0.2) is 23.3 Å². The SMILES string of the molecule is Cc1cc(C(=O)COC(=O)c2cc([N+](=O)[O-])ccc2Cl)c(C)s1. The third kappa shape index (κ3) is 3.94. The number of ether oxygens (including phenoxy) is 1. The Morgan fingerprint density at radius 3 is 2.52 bits per heavy atom. The average molecular weight is 354 g/mol. The van der Waals surface area contributed by atoms with E-state index in [-0.39, 0.29) is 22.1 Å². The molecule has 0 saturated heterocycles. The molecule has 0 bridgehead atoms. The Hall–Kier alpha value is -2.25. The van der Waals surface area contributed by atoms with Crippen LogP contribution >= 0.6 is 22.9 Å². The number of nitrogens with zero attached hydrogens (tertiary/aromatic N) is 1. The lowest BCUT2D eigenvalue weighted by atomic mass is 10.1. The van der Waals surface area contributed by atoms with Crippen molar-refractivity contribution in [3.05, 3.63) is 60.3 Å². The molecular formula is C15H12ClNO5S. The minimum absolute atomic E-state index is 0.0237. The average Bonchev–Trinajstić information content (AvgIpc) is 2.83. The molecule has 0 fully saturated rings. The standard InChI is InChI=1S/C15H12ClNO5S/c1-8-5-11(9(2)23-8)14(18)7-22-15(19)12-6-10(17(20)21)3-4-13(12)16/h3-6H,7H2,1-2H3. The molecule has 0 aliphatic carbocycles. The van der Waals surface area contributed by atoms with E-state index in [1.807, 2.05) is 13.8 Å². The van der Waals surface area contributed by atoms with E-state index < -0.39 is 17.5 Å². The molecule has 8 heteroatoms. The lowest BCUT2D eigenvalue weighted by Gasteiger charge is -2.05. The van der Waals surface area contributed by atoms with Crippen LogP contribution in [0.25, 0.3) is 0 Å². The smallest absolute Gasteiger partial charge is 0.340 e. The number of aryl methyl sites for hydroxylation is 2. The van der Waals surface area contributed by atoms with Crippen molar-refractivity contribution in [2.75, 3.05) is 6.61 Å². The summed E-state index contributed by atoms with van der Waals surface area (Å²) in [5.74, 6) is -1.21. The largest absolute Gasteiger partial charge is 0.454 e. The number of nitro benzene ring substituents is 1. The lowest BCUT2D eigenvalue weighted by molar-refractivity contribution is -0.384. The van der Waals surface area contributed by atoms with Crippen molar-refractivity contribution in [1.29, 1.82) is 0 Å². The number of carbonyl (C=O) groups is 2. The van der Waals surface area contributed by atoms with Crippen LogP contribution in [0.1, 0.15) is 30.5 Å². The summed E-state index contributed by atoms with van der Waals surface area (Å²) in [7, 11) is 0. The van der Waals surface area contributed by atoms with Crippen molar-refractivity contribution >= 4 is 40.4 Å². The van der Waals surface area contributed by atoms with Gasteiger partial charge in [0.05, 0.1) is 15.5 Å². The Kier molecular flexibility index (Phi) is 5.12. The molecule has 1 aromatic heterocycles. The zero-order chi connectivity index (χ0) is 17.1. The summed E-state index contributed by atoms with van der Waals surface area (Å²) in [5.41, 5.74) is 0.0781. The van der Waals surface area contributed by atoms with E-state index in [0.29, 0.717) is 5.56 Å². The lowest BCUT2D eigenvalue weighted by Crippen LogP contribution is -2.15. The number of halogens is 1. The molecule has 23 heavy (non-hydrogen) atoms. The second kappa shape index (κ2) is 6.89. The first kappa shape index (κ1) is 17.1. The van der Waals surface area contributed by atoms with Crippen LogP contribution in [0.2, 0.25) is 5.02 Å². The number of rotatable bonds is 5. The van der Waals surface area contributed by atoms with Gasteiger partial charge in [0.15, 0.2) is 6.61 Å². The van der Waals surface area contributed by atoms with Gasteiger partial charge >= 0.3 is 5.97 Å². The van der Waals surface area contributed by atoms with E-state index in [4.69, 9.17) is 16.3 Å². The molecule has 0 atom stereocenters. The van der Waals surface area contributed by atoms with Crippen molar-refractivity contribution in [3.63, 3.8) is 0 Å². The number of carbonyl (C=O) groups excluding carboxylic acids is 2. The van der Waals surface area contributed by atoms with Crippen LogP contribution in [0.4, 0.5) is 5.69 Å². The van der Waals surface area contributed by atoms with Gasteiger partial charge in [0.1, 0.15) is 0 Å². The van der Waals surface area contributed by atoms with E-state index in [1.165, 1.54) is 23.5 Å². The Bertz CT molecular complexity index is 799. The normalized spacial score (nSPS) is 10.4. The van der Waals surface area contributed by atoms with Crippen LogP contribution in [0.3, 0.4) is 0 Å². The number of esters is 1. The topological polar surface area (TPSA) is 86.5 Å². The Morgan fingerprint density at radius 2 is 1.96 bits per heavy atom. The van der Waals surface area contributed by atoms with Gasteiger partial charge in [-0.05, 0) is 26.0 Å². The maximum Gasteiger partial charge on any atom is 0.340 e. The Morgan fingerprint density at radius 1 is 1.26 bits per heavy atom. The van der Waals surface area contributed by atoms with E-state index in [2.05, 4.69) is 0 Å². The maximum absolute atomic E-state index is 12.1. The molecule has 0 N–H and O–H groups in total. The summed E-state index contributed by atoms with van der Waals surface area (Å²) in [6, 6.07) is 5.18. The summed E-state index contributed by atoms with van der Waals surface area (Å²) < 4.78 is 4.93. The molecule has 0 aliphatic heterocycles. The first-order valence-electron chi connectivity index (χ1n) is 6.51. The number of non-ortho nitro benzene ring substituents is 1. The molecule has 0 spiro atoms. The predicted molar refractivity (Wildman–Crippen MR) is 86.5 cm³/mol. The molecule has 0 radical (unpaired) electrons. The number of benzene rings is 1. The molecular weight excluding hydrogens is 342 g/mol. The van der Waals surface area contributed by atoms with Crippen molar-refractivity contribution in [3.8, 4) is 0 Å². The molecule has 1 heterocycles. The molecule has 2 aromatic rings. The van der Waals surface area contributed by atoms with Crippen LogP contribution in [0, 0.1) is 24.0 Å². The molecule has 0 amide bonds. The minimum Gasteiger partial charge on any atom is -0.454 e. The summed E-state index contributed by atoms with van der Waals surface area (Å²) in [5, 5.41) is 10.8. The number of hydrogen-bond donors (Lipinski definition) is 0. The van der Waals surface area contributed by atoms with Crippen molar-refractivity contribution in [2.24, 2.45) is 0 Å². The van der Waals surface area contributed by atoms with Crippen LogP contribution < -0.4 is 0 Å². The van der Waals surface area contributed by atoms with Gasteiger partial charge in [-0.15, -0.1) is 11.3 Å². The fourth-order valence-electron chi connectivity index (χ4n) is 1.98. The van der Waals surface area contributed by atoms with Gasteiger partial charge in [0, 0.05) is 27.5 Å². The van der Waals surface area contributed by atoms with E-state index in [9.17, 15) is 19.7 Å². The van der Waals surface area contributed by atoms with E-state index >= 15 is 0 Å². The number of nitro groups is 1. The Labute approximate surface area is 140 Å². The van der Waals surface area contributed by atoms with Gasteiger partial charge in [0.25, 0.3) is 5.69 Å². The quantitative estimate of drug-likeness (QED) is 0.351.